The molecule has 1 aromatic heterocycles. The van der Waals surface area contributed by atoms with Crippen LogP contribution < -0.4 is 10.1 Å². The second-order valence-corrected chi connectivity index (χ2v) is 4.95. The zero-order valence-electron chi connectivity index (χ0n) is 11.5. The van der Waals surface area contributed by atoms with Crippen LogP contribution in [0.25, 0.3) is 0 Å². The van der Waals surface area contributed by atoms with Crippen molar-refractivity contribution in [1.29, 1.82) is 0 Å². The number of ether oxygens (including phenoxy) is 1. The molecular weight excluding hydrogens is 271 g/mol. The van der Waals surface area contributed by atoms with Crippen LogP contribution in [-0.4, -0.2) is 29.8 Å². The van der Waals surface area contributed by atoms with E-state index >= 15 is 0 Å². The molecular formula is C13H18F3N3O. The van der Waals surface area contributed by atoms with Crippen LogP contribution in [0.1, 0.15) is 43.0 Å². The maximum atomic E-state index is 12.1. The fraction of sp³-hybridized carbons (Fsp3) is 0.692. The van der Waals surface area contributed by atoms with Crippen molar-refractivity contribution in [3.8, 4) is 5.88 Å². The van der Waals surface area contributed by atoms with Gasteiger partial charge in [-0.2, -0.15) is 18.2 Å². The fourth-order valence-corrected chi connectivity index (χ4v) is 1.86. The van der Waals surface area contributed by atoms with Gasteiger partial charge in [0.25, 0.3) is 0 Å². The van der Waals surface area contributed by atoms with Gasteiger partial charge in [-0.25, -0.2) is 4.98 Å². The van der Waals surface area contributed by atoms with Crippen LogP contribution in [0.4, 0.5) is 19.0 Å². The second-order valence-electron chi connectivity index (χ2n) is 4.95. The van der Waals surface area contributed by atoms with Gasteiger partial charge in [0, 0.05) is 19.4 Å². The molecule has 0 radical (unpaired) electrons. The predicted molar refractivity (Wildman–Crippen MR) is 69.1 cm³/mol. The molecule has 0 saturated heterocycles. The molecule has 1 fully saturated rings. The van der Waals surface area contributed by atoms with Crippen LogP contribution in [0.15, 0.2) is 0 Å². The van der Waals surface area contributed by atoms with Crippen molar-refractivity contribution in [2.75, 3.05) is 19.0 Å². The zero-order chi connectivity index (χ0) is 14.8. The molecule has 7 heteroatoms. The summed E-state index contributed by atoms with van der Waals surface area (Å²) in [5.74, 6) is 2.13. The van der Waals surface area contributed by atoms with Crippen LogP contribution in [0.2, 0.25) is 0 Å². The first-order chi connectivity index (χ1) is 9.40. The number of alkyl halides is 3. The van der Waals surface area contributed by atoms with Gasteiger partial charge in [0.15, 0.2) is 0 Å². The molecule has 1 saturated carbocycles. The lowest BCUT2D eigenvalue weighted by atomic mass is 10.3. The molecule has 1 N–H and O–H groups in total. The zero-order valence-corrected chi connectivity index (χ0v) is 11.5. The number of nitrogens with one attached hydrogen (secondary N) is 1. The molecule has 0 aliphatic heterocycles. The maximum absolute atomic E-state index is 12.1. The van der Waals surface area contributed by atoms with E-state index in [1.54, 1.807) is 14.0 Å². The summed E-state index contributed by atoms with van der Waals surface area (Å²) in [6, 6.07) is 0. The monoisotopic (exact) mass is 289 g/mol. The molecule has 0 aromatic carbocycles. The van der Waals surface area contributed by atoms with Crippen LogP contribution in [0.3, 0.4) is 0 Å². The molecule has 20 heavy (non-hydrogen) atoms. The second kappa shape index (κ2) is 5.85. The van der Waals surface area contributed by atoms with Crippen molar-refractivity contribution >= 4 is 5.82 Å². The van der Waals surface area contributed by atoms with Crippen LogP contribution >= 0.6 is 0 Å². The smallest absolute Gasteiger partial charge is 0.389 e. The lowest BCUT2D eigenvalue weighted by Gasteiger charge is -2.13. The Morgan fingerprint density at radius 2 is 2.00 bits per heavy atom. The third kappa shape index (κ3) is 3.98. The number of nitrogens with zero attached hydrogens (tertiary/aromatic N) is 2. The van der Waals surface area contributed by atoms with Gasteiger partial charge >= 0.3 is 6.18 Å². The van der Waals surface area contributed by atoms with Crippen molar-refractivity contribution in [2.45, 2.75) is 44.7 Å². The Labute approximate surface area is 115 Å². The fourth-order valence-electron chi connectivity index (χ4n) is 1.86. The highest BCUT2D eigenvalue weighted by Gasteiger charge is 2.29. The van der Waals surface area contributed by atoms with E-state index in [9.17, 15) is 13.2 Å². The minimum Gasteiger partial charge on any atom is -0.477 e. The lowest BCUT2D eigenvalue weighted by molar-refractivity contribution is -0.136. The summed E-state index contributed by atoms with van der Waals surface area (Å²) < 4.78 is 41.6. The quantitative estimate of drug-likeness (QED) is 0.815. The summed E-state index contributed by atoms with van der Waals surface area (Å²) in [5.41, 5.74) is 0.726. The number of halogens is 3. The Hall–Kier alpha value is -1.53. The van der Waals surface area contributed by atoms with Crippen LogP contribution in [-0.2, 0) is 0 Å². The molecule has 1 aliphatic rings. The number of hydrogen-bond acceptors (Lipinski definition) is 4. The normalized spacial score (nSPS) is 15.2. The molecule has 0 amide bonds. The standard InChI is InChI=1S/C13H18F3N3O/c1-8-10(17-2)18-11(9-4-5-9)19-12(8)20-7-3-6-13(14,15)16/h9H,3-7H2,1-2H3,(H,17,18,19). The molecule has 1 aromatic rings. The Morgan fingerprint density at radius 1 is 1.30 bits per heavy atom. The summed E-state index contributed by atoms with van der Waals surface area (Å²) in [5, 5.41) is 2.96. The Kier molecular flexibility index (Phi) is 4.35. The Balaban J connectivity index is 2.00. The van der Waals surface area contributed by atoms with Gasteiger partial charge < -0.3 is 10.1 Å². The van der Waals surface area contributed by atoms with Gasteiger partial charge in [-0.15, -0.1) is 0 Å². The van der Waals surface area contributed by atoms with E-state index < -0.39 is 12.6 Å². The highest BCUT2D eigenvalue weighted by molar-refractivity contribution is 5.48. The molecule has 1 heterocycles. The minimum absolute atomic E-state index is 0.00459. The predicted octanol–water partition coefficient (Wildman–Crippen LogP) is 3.43. The number of hydrogen-bond donors (Lipinski definition) is 1. The third-order valence-electron chi connectivity index (χ3n) is 3.14. The number of anilines is 1. The molecule has 0 bridgehead atoms. The van der Waals surface area contributed by atoms with Crippen molar-refractivity contribution in [2.24, 2.45) is 0 Å². The summed E-state index contributed by atoms with van der Waals surface area (Å²) in [6.45, 7) is 1.80. The summed E-state index contributed by atoms with van der Waals surface area (Å²) in [7, 11) is 1.75. The number of rotatable bonds is 6. The molecule has 112 valence electrons. The van der Waals surface area contributed by atoms with Gasteiger partial charge in [0.2, 0.25) is 5.88 Å². The van der Waals surface area contributed by atoms with Gasteiger partial charge in [0.1, 0.15) is 11.6 Å². The van der Waals surface area contributed by atoms with E-state index in [2.05, 4.69) is 15.3 Å². The molecule has 2 rings (SSSR count). The largest absolute Gasteiger partial charge is 0.477 e. The van der Waals surface area contributed by atoms with Gasteiger partial charge in [-0.3, -0.25) is 0 Å². The van der Waals surface area contributed by atoms with E-state index in [0.717, 1.165) is 18.4 Å². The first-order valence-electron chi connectivity index (χ1n) is 6.66. The van der Waals surface area contributed by atoms with Gasteiger partial charge in [-0.05, 0) is 26.2 Å². The van der Waals surface area contributed by atoms with E-state index in [0.29, 0.717) is 23.4 Å². The van der Waals surface area contributed by atoms with Gasteiger partial charge in [0.05, 0.1) is 12.2 Å². The third-order valence-corrected chi connectivity index (χ3v) is 3.14. The minimum atomic E-state index is -4.14. The Bertz CT molecular complexity index is 473. The van der Waals surface area contributed by atoms with E-state index in [4.69, 9.17) is 4.74 Å². The molecule has 4 nitrogen and oxygen atoms in total. The first-order valence-corrected chi connectivity index (χ1v) is 6.66. The molecule has 1 aliphatic carbocycles. The van der Waals surface area contributed by atoms with E-state index in [-0.39, 0.29) is 13.0 Å². The van der Waals surface area contributed by atoms with Crippen LogP contribution in [0, 0.1) is 6.92 Å². The molecule has 0 spiro atoms. The van der Waals surface area contributed by atoms with E-state index in [1.807, 2.05) is 0 Å². The summed E-state index contributed by atoms with van der Waals surface area (Å²) >= 11 is 0. The number of aromatic nitrogens is 2. The lowest BCUT2D eigenvalue weighted by Crippen LogP contribution is -2.11. The molecule has 0 atom stereocenters. The van der Waals surface area contributed by atoms with Crippen molar-refractivity contribution in [3.63, 3.8) is 0 Å². The van der Waals surface area contributed by atoms with Gasteiger partial charge in [-0.1, -0.05) is 0 Å². The Morgan fingerprint density at radius 3 is 2.55 bits per heavy atom. The highest BCUT2D eigenvalue weighted by Crippen LogP contribution is 2.39. The van der Waals surface area contributed by atoms with E-state index in [1.165, 1.54) is 0 Å². The summed E-state index contributed by atoms with van der Waals surface area (Å²) in [4.78, 5) is 8.72. The summed E-state index contributed by atoms with van der Waals surface area (Å²) in [6.07, 6.45) is -2.94. The van der Waals surface area contributed by atoms with Crippen LogP contribution in [0.5, 0.6) is 5.88 Å². The maximum Gasteiger partial charge on any atom is 0.389 e. The highest BCUT2D eigenvalue weighted by atomic mass is 19.4. The average Bonchev–Trinajstić information content (AvgIpc) is 3.19. The average molecular weight is 289 g/mol. The topological polar surface area (TPSA) is 47.0 Å². The first kappa shape index (κ1) is 14.9. The van der Waals surface area contributed by atoms with Crippen molar-refractivity contribution in [1.82, 2.24) is 9.97 Å². The van der Waals surface area contributed by atoms with Crippen molar-refractivity contribution < 1.29 is 17.9 Å². The van der Waals surface area contributed by atoms with Crippen molar-refractivity contribution in [3.05, 3.63) is 11.4 Å². The molecule has 0 unspecified atom stereocenters. The SMILES string of the molecule is CNc1nc(C2CC2)nc(OCCCC(F)(F)F)c1C.